The van der Waals surface area contributed by atoms with E-state index in [0.717, 1.165) is 24.2 Å². The Hall–Kier alpha value is -1.23. The first kappa shape index (κ1) is 11.8. The third-order valence-corrected chi connectivity index (χ3v) is 2.24. The van der Waals surface area contributed by atoms with Crippen LogP contribution in [0.5, 0.6) is 0 Å². The lowest BCUT2D eigenvalue weighted by atomic mass is 10.2. The number of hydrogen-bond acceptors (Lipinski definition) is 5. The molecule has 0 spiro atoms. The number of nitrogens with zero attached hydrogens (tertiary/aromatic N) is 3. The van der Waals surface area contributed by atoms with Crippen molar-refractivity contribution in [3.05, 3.63) is 11.4 Å². The first-order valence-electron chi connectivity index (χ1n) is 5.40. The molecule has 1 rings (SSSR count). The Bertz CT molecular complexity index is 313. The maximum absolute atomic E-state index is 5.51. The molecular formula is C10H19N5. The lowest BCUT2D eigenvalue weighted by Crippen LogP contribution is -2.26. The average Bonchev–Trinajstić information content (AvgIpc) is 2.28. The summed E-state index contributed by atoms with van der Waals surface area (Å²) in [6.45, 7) is 6.67. The molecule has 0 aliphatic heterocycles. The lowest BCUT2D eigenvalue weighted by molar-refractivity contribution is 0.760. The van der Waals surface area contributed by atoms with Crippen molar-refractivity contribution in [1.29, 1.82) is 0 Å². The van der Waals surface area contributed by atoms with Crippen molar-refractivity contribution in [3.63, 3.8) is 0 Å². The van der Waals surface area contributed by atoms with Gasteiger partial charge in [-0.1, -0.05) is 13.8 Å². The Morgan fingerprint density at radius 1 is 1.20 bits per heavy atom. The summed E-state index contributed by atoms with van der Waals surface area (Å²) in [5.74, 6) is 0.571. The third-order valence-electron chi connectivity index (χ3n) is 2.24. The number of nitrogens with one attached hydrogen (secondary N) is 1. The van der Waals surface area contributed by atoms with Gasteiger partial charge >= 0.3 is 0 Å². The summed E-state index contributed by atoms with van der Waals surface area (Å²) in [6, 6.07) is 0.170. The predicted molar refractivity (Wildman–Crippen MR) is 60.7 cm³/mol. The maximum Gasteiger partial charge on any atom is 0.243 e. The topological polar surface area (TPSA) is 76.7 Å². The summed E-state index contributed by atoms with van der Waals surface area (Å²) in [7, 11) is 0. The van der Waals surface area contributed by atoms with Gasteiger partial charge in [-0.3, -0.25) is 0 Å². The smallest absolute Gasteiger partial charge is 0.243 e. The van der Waals surface area contributed by atoms with E-state index in [-0.39, 0.29) is 6.04 Å². The molecule has 0 aliphatic carbocycles. The second kappa shape index (κ2) is 5.60. The monoisotopic (exact) mass is 209 g/mol. The molecule has 15 heavy (non-hydrogen) atoms. The van der Waals surface area contributed by atoms with Crippen LogP contribution in [0.15, 0.2) is 0 Å². The zero-order valence-corrected chi connectivity index (χ0v) is 9.62. The SMILES string of the molecule is CCc1nnc(NC(C)CN)nc1CC. The Balaban J connectivity index is 2.83. The number of anilines is 1. The minimum absolute atomic E-state index is 0.170. The first-order chi connectivity index (χ1) is 7.21. The molecule has 0 radical (unpaired) electrons. The summed E-state index contributed by atoms with van der Waals surface area (Å²) >= 11 is 0. The van der Waals surface area contributed by atoms with E-state index >= 15 is 0 Å². The van der Waals surface area contributed by atoms with Gasteiger partial charge in [0.25, 0.3) is 0 Å². The van der Waals surface area contributed by atoms with E-state index in [9.17, 15) is 0 Å². The van der Waals surface area contributed by atoms with Crippen molar-refractivity contribution in [2.75, 3.05) is 11.9 Å². The van der Waals surface area contributed by atoms with Crippen molar-refractivity contribution in [3.8, 4) is 0 Å². The van der Waals surface area contributed by atoms with Gasteiger partial charge in [0.15, 0.2) is 0 Å². The molecule has 1 atom stereocenters. The fourth-order valence-electron chi connectivity index (χ4n) is 1.28. The molecule has 0 saturated carbocycles. The van der Waals surface area contributed by atoms with E-state index in [0.29, 0.717) is 12.5 Å². The summed E-state index contributed by atoms with van der Waals surface area (Å²) < 4.78 is 0. The van der Waals surface area contributed by atoms with Crippen LogP contribution in [0.25, 0.3) is 0 Å². The Kier molecular flexibility index (Phi) is 4.42. The fourth-order valence-corrected chi connectivity index (χ4v) is 1.28. The summed E-state index contributed by atoms with van der Waals surface area (Å²) in [5.41, 5.74) is 7.50. The minimum Gasteiger partial charge on any atom is -0.349 e. The minimum atomic E-state index is 0.170. The Morgan fingerprint density at radius 2 is 1.87 bits per heavy atom. The second-order valence-electron chi connectivity index (χ2n) is 3.52. The molecule has 0 aliphatic rings. The zero-order chi connectivity index (χ0) is 11.3. The summed E-state index contributed by atoms with van der Waals surface area (Å²) in [5, 5.41) is 11.3. The largest absolute Gasteiger partial charge is 0.349 e. The summed E-state index contributed by atoms with van der Waals surface area (Å²) in [6.07, 6.45) is 1.75. The maximum atomic E-state index is 5.51. The van der Waals surface area contributed by atoms with Gasteiger partial charge in [0, 0.05) is 12.6 Å². The molecule has 0 fully saturated rings. The van der Waals surface area contributed by atoms with Crippen molar-refractivity contribution < 1.29 is 0 Å². The molecule has 1 unspecified atom stereocenters. The van der Waals surface area contributed by atoms with Gasteiger partial charge in [-0.2, -0.15) is 5.10 Å². The van der Waals surface area contributed by atoms with Gasteiger partial charge in [-0.05, 0) is 19.8 Å². The third kappa shape index (κ3) is 3.13. The Labute approximate surface area is 90.5 Å². The number of hydrogen-bond donors (Lipinski definition) is 2. The number of aromatic nitrogens is 3. The molecule has 1 aromatic heterocycles. The molecule has 5 nitrogen and oxygen atoms in total. The first-order valence-corrected chi connectivity index (χ1v) is 5.40. The molecule has 0 aromatic carbocycles. The van der Waals surface area contributed by atoms with Crippen molar-refractivity contribution in [1.82, 2.24) is 15.2 Å². The van der Waals surface area contributed by atoms with E-state index in [1.165, 1.54) is 0 Å². The highest BCUT2D eigenvalue weighted by Crippen LogP contribution is 2.07. The van der Waals surface area contributed by atoms with Crippen LogP contribution in [0.1, 0.15) is 32.2 Å². The van der Waals surface area contributed by atoms with E-state index in [4.69, 9.17) is 5.73 Å². The summed E-state index contributed by atoms with van der Waals surface area (Å²) in [4.78, 5) is 4.41. The highest BCUT2D eigenvalue weighted by molar-refractivity contribution is 5.27. The predicted octanol–water partition coefficient (Wildman–Crippen LogP) is 0.755. The van der Waals surface area contributed by atoms with Gasteiger partial charge in [0.05, 0.1) is 11.4 Å². The van der Waals surface area contributed by atoms with Crippen molar-refractivity contribution >= 4 is 5.95 Å². The van der Waals surface area contributed by atoms with Crippen LogP contribution in [-0.2, 0) is 12.8 Å². The van der Waals surface area contributed by atoms with Gasteiger partial charge in [0.1, 0.15) is 0 Å². The standard InChI is InChI=1S/C10H19N5/c1-4-8-9(5-2)14-15-10(13-8)12-7(3)6-11/h7H,4-6,11H2,1-3H3,(H,12,13,15). The highest BCUT2D eigenvalue weighted by Gasteiger charge is 2.07. The molecule has 3 N–H and O–H groups in total. The van der Waals surface area contributed by atoms with Gasteiger partial charge in [0.2, 0.25) is 5.95 Å². The zero-order valence-electron chi connectivity index (χ0n) is 9.62. The van der Waals surface area contributed by atoms with Crippen LogP contribution in [-0.4, -0.2) is 27.8 Å². The molecule has 1 aromatic rings. The van der Waals surface area contributed by atoms with E-state index in [1.807, 2.05) is 6.92 Å². The van der Waals surface area contributed by atoms with Crippen LogP contribution < -0.4 is 11.1 Å². The van der Waals surface area contributed by atoms with E-state index in [1.54, 1.807) is 0 Å². The average molecular weight is 209 g/mol. The van der Waals surface area contributed by atoms with E-state index < -0.39 is 0 Å². The quantitative estimate of drug-likeness (QED) is 0.748. The molecule has 84 valence electrons. The second-order valence-corrected chi connectivity index (χ2v) is 3.52. The molecule has 0 saturated heterocycles. The van der Waals surface area contributed by atoms with Crippen molar-refractivity contribution in [2.24, 2.45) is 5.73 Å². The number of aryl methyl sites for hydroxylation is 2. The van der Waals surface area contributed by atoms with Crippen LogP contribution in [0, 0.1) is 0 Å². The normalized spacial score (nSPS) is 12.5. The van der Waals surface area contributed by atoms with Crippen LogP contribution in [0.4, 0.5) is 5.95 Å². The molecule has 5 heteroatoms. The van der Waals surface area contributed by atoms with Crippen molar-refractivity contribution in [2.45, 2.75) is 39.7 Å². The van der Waals surface area contributed by atoms with Gasteiger partial charge in [-0.25, -0.2) is 4.98 Å². The fraction of sp³-hybridized carbons (Fsp3) is 0.700. The molecule has 0 amide bonds. The molecule has 1 heterocycles. The molecule has 0 bridgehead atoms. The Morgan fingerprint density at radius 3 is 2.40 bits per heavy atom. The lowest BCUT2D eigenvalue weighted by Gasteiger charge is -2.11. The number of nitrogens with two attached hydrogens (primary N) is 1. The van der Waals surface area contributed by atoms with Crippen LogP contribution in [0.3, 0.4) is 0 Å². The van der Waals surface area contributed by atoms with Crippen LogP contribution in [0.2, 0.25) is 0 Å². The van der Waals surface area contributed by atoms with Gasteiger partial charge < -0.3 is 11.1 Å². The van der Waals surface area contributed by atoms with Crippen LogP contribution >= 0.6 is 0 Å². The van der Waals surface area contributed by atoms with E-state index in [2.05, 4.69) is 34.3 Å². The molecular weight excluding hydrogens is 190 g/mol. The number of rotatable bonds is 5. The highest BCUT2D eigenvalue weighted by atomic mass is 15.2. The van der Waals surface area contributed by atoms with Gasteiger partial charge in [-0.15, -0.1) is 5.10 Å².